The second-order valence-corrected chi connectivity index (χ2v) is 0. The predicted molar refractivity (Wildman–Crippen MR) is 20.6 cm³/mol. The molecule has 0 aromatic rings. The molecule has 0 aromatic heterocycles. The average Bonchev–Trinajstić information content (AvgIpc) is 1.00. The van der Waals surface area contributed by atoms with Crippen molar-refractivity contribution in [1.82, 2.24) is 0 Å². The fourth-order valence-corrected chi connectivity index (χ4v) is 0. The summed E-state index contributed by atoms with van der Waals surface area (Å²) in [5.41, 5.74) is 0. The van der Waals surface area contributed by atoms with Gasteiger partial charge in [0.1, 0.15) is 0 Å². The molecule has 8 heteroatoms. The van der Waals surface area contributed by atoms with E-state index in [1.54, 1.807) is 0 Å². The van der Waals surface area contributed by atoms with Crippen molar-refractivity contribution in [3.05, 3.63) is 0 Å². The molecule has 1 radical (unpaired) electrons. The van der Waals surface area contributed by atoms with Gasteiger partial charge < -0.3 is 0 Å². The molecular formula is H7AlF4OYZr. The molecule has 0 aliphatic rings. The van der Waals surface area contributed by atoms with Crippen LogP contribution in [-0.4, -0.2) is 17.4 Å². The van der Waals surface area contributed by atoms with Crippen molar-refractivity contribution in [2.75, 3.05) is 0 Å². The molecule has 0 spiro atoms. The van der Waals surface area contributed by atoms with Gasteiger partial charge in [0.2, 0.25) is 0 Å². The van der Waals surface area contributed by atoms with E-state index in [4.69, 9.17) is 2.81 Å². The van der Waals surface area contributed by atoms with Crippen molar-refractivity contribution in [2.45, 2.75) is 0 Å². The Kier molecular flexibility index (Phi) is 1560. The van der Waals surface area contributed by atoms with E-state index in [-0.39, 0.29) is 68.9 Å². The minimum atomic E-state index is 0. The zero-order valence-corrected chi connectivity index (χ0v) is 8.41. The van der Waals surface area contributed by atoms with Gasteiger partial charge in [0.05, 0.1) is 0 Å². The van der Waals surface area contributed by atoms with Crippen LogP contribution in [0.3, 0.4) is 0 Å². The van der Waals surface area contributed by atoms with Crippen LogP contribution in [-0.2, 0) is 60.2 Å². The summed E-state index contributed by atoms with van der Waals surface area (Å²) in [6.07, 6.45) is 0. The smallest absolute Gasteiger partial charge is 0 e. The number of halogens is 4. The number of hydrogen-bond acceptors (Lipinski definition) is 1. The van der Waals surface area contributed by atoms with Crippen LogP contribution < -0.4 is 0 Å². The predicted octanol–water partition coefficient (Wildman–Crippen LogP) is -0.698. The maximum atomic E-state index is 8.34. The van der Waals surface area contributed by atoms with Crippen LogP contribution in [0.2, 0.25) is 0 Å². The molecule has 0 aromatic carbocycles. The molecule has 0 heterocycles. The Balaban J connectivity index is -0.000000000333. The van der Waals surface area contributed by atoms with Crippen molar-refractivity contribution in [1.29, 1.82) is 0 Å². The molecule has 0 saturated heterocycles. The summed E-state index contributed by atoms with van der Waals surface area (Å²) in [5.74, 6) is 0. The molecule has 51 valence electrons. The molecule has 0 aliphatic carbocycles. The Hall–Kier alpha value is 2.04. The van der Waals surface area contributed by atoms with Crippen LogP contribution in [0.5, 0.6) is 0 Å². The standard InChI is InChI=1S/Al.4FH.O.Y.Zr.3H/h;4*1H;;;;;;. The van der Waals surface area contributed by atoms with E-state index < -0.39 is 0 Å². The summed E-state index contributed by atoms with van der Waals surface area (Å²) in [4.78, 5) is 0. The third-order valence-electron chi connectivity index (χ3n) is 0. The molecule has 0 N–H and O–H groups in total. The summed E-state index contributed by atoms with van der Waals surface area (Å²) in [7, 11) is 0. The first-order valence-corrected chi connectivity index (χ1v) is 1.21. The largest absolute Gasteiger partial charge is 0 e. The Morgan fingerprint density at radius 2 is 0.750 bits per heavy atom. The Morgan fingerprint density at radius 1 is 0.750 bits per heavy atom. The molecular weight excluding hydrogens is 299 g/mol. The molecule has 0 rings (SSSR count). The summed E-state index contributed by atoms with van der Waals surface area (Å²) < 4.78 is 8.34. The fraction of sp³-hybridized carbons (Fsp3) is 0. The molecule has 1 nitrogen and oxygen atoms in total. The summed E-state index contributed by atoms with van der Waals surface area (Å²) >= 11 is 0.300. The first-order chi connectivity index (χ1) is 1.00. The van der Waals surface area contributed by atoms with Crippen molar-refractivity contribution in [3.63, 3.8) is 0 Å². The van der Waals surface area contributed by atoms with Crippen molar-refractivity contribution < 1.29 is 79.1 Å². The number of rotatable bonds is 0. The second kappa shape index (κ2) is 140. The molecule has 0 saturated carbocycles. The minimum absolute atomic E-state index is 0. The van der Waals surface area contributed by atoms with Crippen LogP contribution >= 0.6 is 0 Å². The Morgan fingerprint density at radius 3 is 0.750 bits per heavy atom. The van der Waals surface area contributed by atoms with Crippen molar-refractivity contribution in [2.24, 2.45) is 0 Å². The molecule has 0 bridgehead atoms. The van der Waals surface area contributed by atoms with Gasteiger partial charge in [0.15, 0.2) is 17.4 Å². The van der Waals surface area contributed by atoms with Gasteiger partial charge in [-0.05, 0) is 0 Å². The third kappa shape index (κ3) is 95.8. The van der Waals surface area contributed by atoms with E-state index in [2.05, 4.69) is 0 Å². The Labute approximate surface area is 95.1 Å². The zero-order valence-electron chi connectivity index (χ0n) is 3.12. The van der Waals surface area contributed by atoms with Crippen LogP contribution in [0.25, 0.3) is 0 Å². The molecule has 0 unspecified atom stereocenters. The normalized spacial score (nSPS) is 0.375. The van der Waals surface area contributed by atoms with E-state index in [1.807, 2.05) is 0 Å². The van der Waals surface area contributed by atoms with Crippen molar-refractivity contribution >= 4 is 17.4 Å². The first kappa shape index (κ1) is 88.8. The minimum Gasteiger partial charge on any atom is 0 e. The summed E-state index contributed by atoms with van der Waals surface area (Å²) in [6.45, 7) is 0. The van der Waals surface area contributed by atoms with Crippen LogP contribution in [0.4, 0.5) is 18.8 Å². The van der Waals surface area contributed by atoms with Gasteiger partial charge in [-0.2, -0.15) is 0 Å². The Bertz CT molecular complexity index is 16.0. The summed E-state index contributed by atoms with van der Waals surface area (Å²) in [5, 5.41) is 0. The SMILES string of the molecule is F.F.F.F.[AlH3].[O]=[Zr].[Y]. The monoisotopic (exact) mass is 305 g/mol. The van der Waals surface area contributed by atoms with Crippen LogP contribution in [0, 0.1) is 0 Å². The fourth-order valence-electron chi connectivity index (χ4n) is 0. The van der Waals surface area contributed by atoms with Crippen LogP contribution in [0.15, 0.2) is 0 Å². The van der Waals surface area contributed by atoms with E-state index in [9.17, 15) is 0 Å². The zero-order chi connectivity index (χ0) is 2.00. The molecule has 0 amide bonds. The molecule has 8 heavy (non-hydrogen) atoms. The van der Waals surface area contributed by atoms with Gasteiger partial charge in [-0.1, -0.05) is 0 Å². The van der Waals surface area contributed by atoms with E-state index in [0.29, 0.717) is 24.7 Å². The molecule has 0 aliphatic heterocycles. The van der Waals surface area contributed by atoms with Gasteiger partial charge in [0, 0.05) is 32.7 Å². The van der Waals surface area contributed by atoms with Gasteiger partial charge in [-0.15, -0.1) is 0 Å². The maximum absolute atomic E-state index is 8.34. The van der Waals surface area contributed by atoms with E-state index >= 15 is 0 Å². The maximum Gasteiger partial charge on any atom is 0 e. The van der Waals surface area contributed by atoms with E-state index in [1.165, 1.54) is 0 Å². The van der Waals surface area contributed by atoms with Gasteiger partial charge >= 0.3 is 27.5 Å². The van der Waals surface area contributed by atoms with Crippen LogP contribution in [0.1, 0.15) is 0 Å². The quantitative estimate of drug-likeness (QED) is 0.427. The first-order valence-electron chi connectivity index (χ1n) is 0.204. The average molecular weight is 306 g/mol. The number of hydrogen-bond donors (Lipinski definition) is 0. The molecule has 0 fully saturated rings. The van der Waals surface area contributed by atoms with Gasteiger partial charge in [-0.3, -0.25) is 18.8 Å². The van der Waals surface area contributed by atoms with Gasteiger partial charge in [-0.25, -0.2) is 0 Å². The van der Waals surface area contributed by atoms with E-state index in [0.717, 1.165) is 0 Å². The topological polar surface area (TPSA) is 17.1 Å². The van der Waals surface area contributed by atoms with Gasteiger partial charge in [0.25, 0.3) is 0 Å². The second-order valence-electron chi connectivity index (χ2n) is 0. The molecule has 0 atom stereocenters. The van der Waals surface area contributed by atoms with Crippen molar-refractivity contribution in [3.8, 4) is 0 Å². The summed E-state index contributed by atoms with van der Waals surface area (Å²) in [6, 6.07) is 0. The third-order valence-corrected chi connectivity index (χ3v) is 0.